The molecule has 86 valence electrons. The highest BCUT2D eigenvalue weighted by Crippen LogP contribution is 2.16. The second-order valence-corrected chi connectivity index (χ2v) is 4.00. The van der Waals surface area contributed by atoms with Crippen molar-refractivity contribution in [2.45, 2.75) is 25.3 Å². The summed E-state index contributed by atoms with van der Waals surface area (Å²) in [5.41, 5.74) is 1.28. The maximum absolute atomic E-state index is 5.69. The second-order valence-electron chi connectivity index (χ2n) is 4.00. The lowest BCUT2D eigenvalue weighted by Gasteiger charge is -2.23. The molecule has 1 atom stereocenters. The molecule has 1 aliphatic rings. The Kier molecular flexibility index (Phi) is 3.94. The number of nitrogens with zero attached hydrogens (tertiary/aromatic N) is 1. The van der Waals surface area contributed by atoms with Gasteiger partial charge in [0.15, 0.2) is 0 Å². The number of hydrogen-bond acceptors (Lipinski definition) is 3. The molecule has 0 fully saturated rings. The summed E-state index contributed by atoms with van der Waals surface area (Å²) in [7, 11) is 1.98. The largest absolute Gasteiger partial charge is 0.497 e. The first-order chi connectivity index (χ1) is 7.90. The number of allylic oxidation sites excluding steroid dienone is 1. The molecule has 2 rings (SSSR count). The smallest absolute Gasteiger partial charge is 0.109 e. The Morgan fingerprint density at radius 1 is 1.44 bits per heavy atom. The third-order valence-electron chi connectivity index (χ3n) is 2.84. The Bertz CT molecular complexity index is 348. The monoisotopic (exact) mass is 218 g/mol. The molecule has 1 unspecified atom stereocenters. The van der Waals surface area contributed by atoms with Crippen molar-refractivity contribution >= 4 is 0 Å². The molecular formula is C13H18N2O. The summed E-state index contributed by atoms with van der Waals surface area (Å²) in [6, 6.07) is 4.38. The maximum Gasteiger partial charge on any atom is 0.109 e. The Hall–Kier alpha value is -1.35. The molecule has 2 heterocycles. The topological polar surface area (TPSA) is 34.2 Å². The van der Waals surface area contributed by atoms with Crippen LogP contribution < -0.4 is 5.32 Å². The van der Waals surface area contributed by atoms with Gasteiger partial charge in [0.1, 0.15) is 5.76 Å². The quantitative estimate of drug-likeness (QED) is 0.838. The van der Waals surface area contributed by atoms with Gasteiger partial charge in [-0.1, -0.05) is 0 Å². The average Bonchev–Trinajstić information content (AvgIpc) is 2.38. The van der Waals surface area contributed by atoms with Crippen molar-refractivity contribution in [3.63, 3.8) is 0 Å². The van der Waals surface area contributed by atoms with Crippen molar-refractivity contribution in [3.8, 4) is 0 Å². The van der Waals surface area contributed by atoms with Gasteiger partial charge in [-0.2, -0.15) is 0 Å². The van der Waals surface area contributed by atoms with Crippen LogP contribution in [-0.4, -0.2) is 24.7 Å². The summed E-state index contributed by atoms with van der Waals surface area (Å²) < 4.78 is 5.69. The van der Waals surface area contributed by atoms with E-state index in [9.17, 15) is 0 Å². The molecule has 1 aromatic rings. The maximum atomic E-state index is 5.69. The molecule has 1 aromatic heterocycles. The van der Waals surface area contributed by atoms with Crippen molar-refractivity contribution < 1.29 is 4.74 Å². The van der Waals surface area contributed by atoms with E-state index in [1.54, 1.807) is 0 Å². The third kappa shape index (κ3) is 2.83. The van der Waals surface area contributed by atoms with Gasteiger partial charge < -0.3 is 10.1 Å². The molecule has 16 heavy (non-hydrogen) atoms. The highest BCUT2D eigenvalue weighted by molar-refractivity contribution is 5.16. The molecule has 0 aliphatic carbocycles. The fourth-order valence-corrected chi connectivity index (χ4v) is 1.92. The molecule has 0 radical (unpaired) electrons. The van der Waals surface area contributed by atoms with Crippen LogP contribution in [0.2, 0.25) is 0 Å². The Labute approximate surface area is 96.5 Å². The fourth-order valence-electron chi connectivity index (χ4n) is 1.92. The van der Waals surface area contributed by atoms with Gasteiger partial charge in [-0.25, -0.2) is 0 Å². The van der Waals surface area contributed by atoms with E-state index in [0.717, 1.165) is 31.6 Å². The summed E-state index contributed by atoms with van der Waals surface area (Å²) in [5, 5.41) is 3.31. The molecule has 1 N–H and O–H groups in total. The normalized spacial score (nSPS) is 17.4. The molecule has 0 bridgehead atoms. The Balaban J connectivity index is 2.03. The van der Waals surface area contributed by atoms with E-state index in [4.69, 9.17) is 4.74 Å². The summed E-state index contributed by atoms with van der Waals surface area (Å²) in [6.45, 7) is 0.848. The van der Waals surface area contributed by atoms with Crippen molar-refractivity contribution in [1.82, 2.24) is 10.3 Å². The zero-order valence-electron chi connectivity index (χ0n) is 9.65. The average molecular weight is 218 g/mol. The molecule has 0 saturated carbocycles. The number of aromatic nitrogens is 1. The zero-order chi connectivity index (χ0) is 11.2. The molecule has 0 spiro atoms. The van der Waals surface area contributed by atoms with E-state index in [-0.39, 0.29) is 6.04 Å². The Morgan fingerprint density at radius 2 is 2.25 bits per heavy atom. The lowest BCUT2D eigenvalue weighted by Crippen LogP contribution is -2.32. The van der Waals surface area contributed by atoms with Gasteiger partial charge in [0.05, 0.1) is 12.6 Å². The molecule has 1 aliphatic heterocycles. The van der Waals surface area contributed by atoms with Gasteiger partial charge in [-0.05, 0) is 50.1 Å². The summed E-state index contributed by atoms with van der Waals surface area (Å²) in [6.07, 6.45) is 9.08. The van der Waals surface area contributed by atoms with Crippen LogP contribution in [0.15, 0.2) is 36.4 Å². The predicted octanol–water partition coefficient (Wildman–Crippen LogP) is 1.91. The van der Waals surface area contributed by atoms with Gasteiger partial charge in [0.25, 0.3) is 0 Å². The second kappa shape index (κ2) is 5.66. The molecule has 3 heteroatoms. The molecule has 0 amide bonds. The number of hydrogen-bond donors (Lipinski definition) is 1. The molecule has 0 aromatic carbocycles. The van der Waals surface area contributed by atoms with Crippen LogP contribution in [0.3, 0.4) is 0 Å². The standard InChI is InChI=1S/C13H18N2O/c1-14-12(13-4-2-3-9-16-13)10-11-5-7-15-8-6-11/h4-8,12,14H,2-3,9-10H2,1H3. The summed E-state index contributed by atoms with van der Waals surface area (Å²) >= 11 is 0. The SMILES string of the molecule is CNC(Cc1ccncc1)C1=CCCCO1. The van der Waals surface area contributed by atoms with E-state index in [0.29, 0.717) is 0 Å². The lowest BCUT2D eigenvalue weighted by molar-refractivity contribution is 0.169. The van der Waals surface area contributed by atoms with Gasteiger partial charge in [0, 0.05) is 12.4 Å². The van der Waals surface area contributed by atoms with E-state index < -0.39 is 0 Å². The van der Waals surface area contributed by atoms with Crippen molar-refractivity contribution in [2.24, 2.45) is 0 Å². The van der Waals surface area contributed by atoms with Gasteiger partial charge >= 0.3 is 0 Å². The van der Waals surface area contributed by atoms with Crippen LogP contribution in [0.4, 0.5) is 0 Å². The highest BCUT2D eigenvalue weighted by Gasteiger charge is 2.16. The van der Waals surface area contributed by atoms with Crippen LogP contribution >= 0.6 is 0 Å². The van der Waals surface area contributed by atoms with Gasteiger partial charge in [-0.3, -0.25) is 4.98 Å². The number of rotatable bonds is 4. The van der Waals surface area contributed by atoms with Crippen molar-refractivity contribution in [1.29, 1.82) is 0 Å². The predicted molar refractivity (Wildman–Crippen MR) is 64.1 cm³/mol. The van der Waals surface area contributed by atoms with E-state index in [2.05, 4.69) is 16.4 Å². The summed E-state index contributed by atoms with van der Waals surface area (Å²) in [4.78, 5) is 4.02. The fraction of sp³-hybridized carbons (Fsp3) is 0.462. The minimum atomic E-state index is 0.280. The third-order valence-corrected chi connectivity index (χ3v) is 2.84. The zero-order valence-corrected chi connectivity index (χ0v) is 9.65. The van der Waals surface area contributed by atoms with Crippen LogP contribution in [0.1, 0.15) is 18.4 Å². The Morgan fingerprint density at radius 3 is 2.88 bits per heavy atom. The first-order valence-corrected chi connectivity index (χ1v) is 5.79. The number of nitrogens with one attached hydrogen (secondary N) is 1. The molecular weight excluding hydrogens is 200 g/mol. The minimum Gasteiger partial charge on any atom is -0.497 e. The van der Waals surface area contributed by atoms with Crippen LogP contribution in [0.5, 0.6) is 0 Å². The first-order valence-electron chi connectivity index (χ1n) is 5.79. The number of pyridine rings is 1. The highest BCUT2D eigenvalue weighted by atomic mass is 16.5. The number of likely N-dealkylation sites (N-methyl/N-ethyl adjacent to an activating group) is 1. The van der Waals surface area contributed by atoms with Crippen molar-refractivity contribution in [2.75, 3.05) is 13.7 Å². The first kappa shape index (κ1) is 11.1. The van der Waals surface area contributed by atoms with Crippen LogP contribution in [-0.2, 0) is 11.2 Å². The number of ether oxygens (including phenoxy) is 1. The minimum absolute atomic E-state index is 0.280. The lowest BCUT2D eigenvalue weighted by atomic mass is 10.0. The van der Waals surface area contributed by atoms with Gasteiger partial charge in [-0.15, -0.1) is 0 Å². The van der Waals surface area contributed by atoms with Gasteiger partial charge in [0.2, 0.25) is 0 Å². The van der Waals surface area contributed by atoms with E-state index in [1.165, 1.54) is 5.56 Å². The van der Waals surface area contributed by atoms with Crippen LogP contribution in [0, 0.1) is 0 Å². The van der Waals surface area contributed by atoms with Crippen molar-refractivity contribution in [3.05, 3.63) is 41.9 Å². The van der Waals surface area contributed by atoms with Crippen LogP contribution in [0.25, 0.3) is 0 Å². The van der Waals surface area contributed by atoms with E-state index >= 15 is 0 Å². The van der Waals surface area contributed by atoms with E-state index in [1.807, 2.05) is 31.6 Å². The summed E-state index contributed by atoms with van der Waals surface area (Å²) in [5.74, 6) is 1.09. The molecule has 0 saturated heterocycles. The molecule has 3 nitrogen and oxygen atoms in total.